The molecule has 0 atom stereocenters. The molecule has 1 aliphatic carbocycles. The van der Waals surface area contributed by atoms with Crippen LogP contribution >= 0.6 is 0 Å². The fraction of sp³-hybridized carbons (Fsp3) is 0.460. The first-order valence-corrected chi connectivity index (χ1v) is 46.9. The lowest BCUT2D eigenvalue weighted by atomic mass is 9.82. The van der Waals surface area contributed by atoms with Gasteiger partial charge in [0.15, 0.2) is 23.3 Å². The third-order valence-corrected chi connectivity index (χ3v) is 24.4. The number of hydrogen-bond donors (Lipinski definition) is 2. The van der Waals surface area contributed by atoms with E-state index < -0.39 is 6.43 Å². The van der Waals surface area contributed by atoms with Crippen molar-refractivity contribution in [2.45, 2.75) is 337 Å². The second kappa shape index (κ2) is 44.9. The van der Waals surface area contributed by atoms with Gasteiger partial charge in [-0.25, -0.2) is 62.4 Å². The molecule has 12 aromatic rings. The van der Waals surface area contributed by atoms with Crippen molar-refractivity contribution in [1.82, 2.24) is 54.8 Å². The van der Waals surface area contributed by atoms with Crippen molar-refractivity contribution in [2.75, 3.05) is 11.5 Å². The molecular weight excluding hydrogens is 1620 g/mol. The Labute approximate surface area is 777 Å². The molecule has 0 saturated heterocycles. The zero-order valence-electron chi connectivity index (χ0n) is 84.5. The standard InChI is InChI=1S/C20H26FN.C19H24F2N2.C19H26FN3.C19H24N2.C18H25N3.C18H24N2/c1-12(2)19-13(3)10-18(22-14(19)4)16-9-8-15(11-17(16)21)20(5,6)7;1-11(2)15-12(3)22-18(23-16(15)17(20)21)13-7-9-14(10-8-13)19(4,5)6;1-7-19(5,6)13-8-9-14(15(20)10-13)18-22-12(4)16(11(2)3)17(21)23-18;1-12(2)18-13(3)20-19(21-14(18)4)17-9-7-16(8-10-17)11-15-5-6-15;1-5-6-7-14-8-10-15(11-9-14)18-20-13(4)16(12(2)3)17(19)21-18;1-12(2)17-13(3)20-16(11-19-17)14-7-9-15(10-8-14)18(4,5)6/h8-12H,1-7H3;7-11,17H,1-6H3;8-11H,7H2,1-6H3,(H2,21,22,23);7-10,12,15H,5-6,11H2,1-4H3;8-12H,5-7H2,1-4H3,(H2,19,20,21);7-12H,1-6H3. The summed E-state index contributed by atoms with van der Waals surface area (Å²) in [4.78, 5) is 49.8. The molecule has 6 aromatic carbocycles. The lowest BCUT2D eigenvalue weighted by Crippen LogP contribution is -2.15. The van der Waals surface area contributed by atoms with E-state index in [-0.39, 0.29) is 50.8 Å². The Morgan fingerprint density at radius 3 is 1.12 bits per heavy atom. The van der Waals surface area contributed by atoms with Crippen LogP contribution in [0.25, 0.3) is 68.1 Å². The van der Waals surface area contributed by atoms with Gasteiger partial charge in [0.1, 0.15) is 29.0 Å². The number of benzene rings is 6. The molecule has 1 fully saturated rings. The minimum Gasteiger partial charge on any atom is -0.383 e. The van der Waals surface area contributed by atoms with Gasteiger partial charge in [0.2, 0.25) is 0 Å². The van der Waals surface area contributed by atoms with Gasteiger partial charge >= 0.3 is 0 Å². The molecular formula is C113H149F4N13. The quantitative estimate of drug-likeness (QED) is 0.0685. The first-order valence-electron chi connectivity index (χ1n) is 46.9. The van der Waals surface area contributed by atoms with Crippen LogP contribution in [0.15, 0.2) is 146 Å². The SMILES string of the molecule is CCC(C)(C)c1ccc(-c2nc(C)c(C(C)C)c(N)n2)c(F)c1.CCCCc1ccc(-c2nc(C)c(C(C)C)c(N)n2)cc1.Cc1cc(-c2ccc(C(C)(C)C)cc2F)nc(C)c1C(C)C.Cc1nc(-c2ccc(C(C)(C)C)cc2)cnc1C(C)C.Cc1nc(-c2ccc(C(C)(C)C)cc2)nc(C(F)F)c1C(C)C.Cc1nc(-c2ccc(CC3CC3)cc2)nc(C)c1C(C)C. The maximum Gasteiger partial charge on any atom is 0.280 e. The number of nitrogen functional groups attached to an aromatic ring is 2. The van der Waals surface area contributed by atoms with E-state index in [1.807, 2.05) is 110 Å². The summed E-state index contributed by atoms with van der Waals surface area (Å²) in [7, 11) is 0. The number of pyridine rings is 1. The number of nitrogens with zero attached hydrogens (tertiary/aromatic N) is 11. The average molecular weight is 1770 g/mol. The lowest BCUT2D eigenvalue weighted by molar-refractivity contribution is 0.144. The number of nitrogens with two attached hydrogens (primary N) is 2. The van der Waals surface area contributed by atoms with Crippen LogP contribution in [0.2, 0.25) is 0 Å². The van der Waals surface area contributed by atoms with E-state index >= 15 is 0 Å². The maximum absolute atomic E-state index is 14.6. The predicted molar refractivity (Wildman–Crippen MR) is 538 cm³/mol. The Morgan fingerprint density at radius 2 is 0.723 bits per heavy atom. The molecule has 1 saturated carbocycles. The molecule has 0 amide bonds. The van der Waals surface area contributed by atoms with E-state index in [9.17, 15) is 17.6 Å². The van der Waals surface area contributed by atoms with E-state index in [2.05, 4.69) is 279 Å². The number of rotatable bonds is 20. The van der Waals surface area contributed by atoms with E-state index in [1.165, 1.54) is 71.0 Å². The fourth-order valence-corrected chi connectivity index (χ4v) is 16.7. The molecule has 130 heavy (non-hydrogen) atoms. The normalized spacial score (nSPS) is 12.3. The second-order valence-electron chi connectivity index (χ2n) is 40.9. The third-order valence-electron chi connectivity index (χ3n) is 24.4. The Hall–Kier alpha value is -10.8. The van der Waals surface area contributed by atoms with Crippen molar-refractivity contribution in [1.29, 1.82) is 0 Å². The van der Waals surface area contributed by atoms with Gasteiger partial charge in [-0.05, 0) is 237 Å². The minimum atomic E-state index is -2.60. The monoisotopic (exact) mass is 1760 g/mol. The van der Waals surface area contributed by atoms with Crippen LogP contribution in [-0.2, 0) is 34.5 Å². The first-order chi connectivity index (χ1) is 60.7. The maximum atomic E-state index is 14.6. The van der Waals surface area contributed by atoms with Gasteiger partial charge in [-0.1, -0.05) is 289 Å². The number of hydrogen-bond acceptors (Lipinski definition) is 13. The predicted octanol–water partition coefficient (Wildman–Crippen LogP) is 30.9. The topological polar surface area (TPSA) is 194 Å². The van der Waals surface area contributed by atoms with Crippen molar-refractivity contribution < 1.29 is 17.6 Å². The largest absolute Gasteiger partial charge is 0.383 e. The molecule has 1 aliphatic rings. The summed E-state index contributed by atoms with van der Waals surface area (Å²) in [5, 5.41) is 0. The molecule has 13 nitrogen and oxygen atoms in total. The summed E-state index contributed by atoms with van der Waals surface area (Å²) in [6.45, 7) is 69.0. The summed E-state index contributed by atoms with van der Waals surface area (Å²) in [5.74, 6) is 5.61. The van der Waals surface area contributed by atoms with Gasteiger partial charge in [0.25, 0.3) is 6.43 Å². The number of alkyl halides is 2. The third kappa shape index (κ3) is 27.9. The molecule has 694 valence electrons. The zero-order chi connectivity index (χ0) is 96.7. The Bertz CT molecular complexity index is 5670. The Kier molecular flexibility index (Phi) is 36.1. The molecule has 6 aromatic heterocycles. The number of halogens is 4. The zero-order valence-corrected chi connectivity index (χ0v) is 84.5. The van der Waals surface area contributed by atoms with E-state index in [0.29, 0.717) is 69.3 Å². The van der Waals surface area contributed by atoms with Crippen LogP contribution in [0.1, 0.15) is 365 Å². The Balaban J connectivity index is 0.000000193. The van der Waals surface area contributed by atoms with E-state index in [1.54, 1.807) is 25.1 Å². The van der Waals surface area contributed by atoms with Crippen LogP contribution in [0, 0.1) is 72.9 Å². The average Bonchev–Trinajstić information content (AvgIpc) is 1.15. The Morgan fingerprint density at radius 1 is 0.354 bits per heavy atom. The highest BCUT2D eigenvalue weighted by Crippen LogP contribution is 2.39. The molecule has 6 heterocycles. The summed E-state index contributed by atoms with van der Waals surface area (Å²) in [6.07, 6.45) is 7.84. The van der Waals surface area contributed by atoms with Gasteiger partial charge in [-0.3, -0.25) is 9.97 Å². The smallest absolute Gasteiger partial charge is 0.280 e. The minimum absolute atomic E-state index is 0.0312. The van der Waals surface area contributed by atoms with Crippen molar-refractivity contribution in [3.8, 4) is 68.1 Å². The highest BCUT2D eigenvalue weighted by atomic mass is 19.3. The highest BCUT2D eigenvalue weighted by molar-refractivity contribution is 5.66. The second-order valence-corrected chi connectivity index (χ2v) is 40.9. The molecule has 0 spiro atoms. The van der Waals surface area contributed by atoms with Gasteiger partial charge in [-0.2, -0.15) is 0 Å². The van der Waals surface area contributed by atoms with Crippen LogP contribution < -0.4 is 11.5 Å². The number of aromatic nitrogens is 11. The van der Waals surface area contributed by atoms with Crippen molar-refractivity contribution >= 4 is 11.6 Å². The summed E-state index contributed by atoms with van der Waals surface area (Å²) >= 11 is 0. The molecule has 4 N–H and O–H groups in total. The number of aryl methyl sites for hydroxylation is 9. The number of unbranched alkanes of at least 4 members (excludes halogenated alkanes) is 1. The highest BCUT2D eigenvalue weighted by Gasteiger charge is 2.28. The van der Waals surface area contributed by atoms with E-state index in [4.69, 9.17) is 26.4 Å². The van der Waals surface area contributed by atoms with Crippen molar-refractivity contribution in [2.24, 2.45) is 5.92 Å². The van der Waals surface area contributed by atoms with Gasteiger partial charge in [0.05, 0.1) is 34.5 Å². The van der Waals surface area contributed by atoms with Crippen molar-refractivity contribution in [3.63, 3.8) is 0 Å². The summed E-state index contributed by atoms with van der Waals surface area (Å²) < 4.78 is 55.9. The van der Waals surface area contributed by atoms with Crippen LogP contribution in [0.4, 0.5) is 29.2 Å². The van der Waals surface area contributed by atoms with Crippen LogP contribution in [0.5, 0.6) is 0 Å². The van der Waals surface area contributed by atoms with E-state index in [0.717, 1.165) is 126 Å². The van der Waals surface area contributed by atoms with Gasteiger partial charge in [0, 0.05) is 78.7 Å². The molecule has 0 unspecified atom stereocenters. The lowest BCUT2D eigenvalue weighted by Gasteiger charge is -2.23. The summed E-state index contributed by atoms with van der Waals surface area (Å²) in [6, 6.07) is 46.6. The molecule has 13 rings (SSSR count). The molecule has 17 heteroatoms. The molecule has 0 aliphatic heterocycles. The van der Waals surface area contributed by atoms with Gasteiger partial charge in [-0.15, -0.1) is 0 Å². The van der Waals surface area contributed by atoms with Crippen LogP contribution in [-0.4, -0.2) is 54.8 Å². The fourth-order valence-electron chi connectivity index (χ4n) is 16.7. The molecule has 0 bridgehead atoms. The van der Waals surface area contributed by atoms with Gasteiger partial charge < -0.3 is 11.5 Å². The van der Waals surface area contributed by atoms with Crippen LogP contribution in [0.3, 0.4) is 0 Å². The summed E-state index contributed by atoms with van der Waals surface area (Å²) in [5.41, 5.74) is 40.1. The number of anilines is 2. The van der Waals surface area contributed by atoms with Crippen molar-refractivity contribution in [3.05, 3.63) is 275 Å². The first kappa shape index (κ1) is 105. The molecule has 0 radical (unpaired) electrons.